The van der Waals surface area contributed by atoms with Gasteiger partial charge in [0, 0.05) is 12.1 Å². The fourth-order valence-corrected chi connectivity index (χ4v) is 2.65. The number of nitrogens with zero attached hydrogens (tertiary/aromatic N) is 1. The van der Waals surface area contributed by atoms with Crippen molar-refractivity contribution in [2.45, 2.75) is 19.8 Å². The van der Waals surface area contributed by atoms with Crippen LogP contribution in [0.25, 0.3) is 0 Å². The summed E-state index contributed by atoms with van der Waals surface area (Å²) < 4.78 is 6.00. The minimum Gasteiger partial charge on any atom is -0.496 e. The topological polar surface area (TPSA) is 29.5 Å². The van der Waals surface area contributed by atoms with Gasteiger partial charge in [-0.1, -0.05) is 6.92 Å². The fourth-order valence-electron chi connectivity index (χ4n) is 2.11. The lowest BCUT2D eigenvalue weighted by molar-refractivity contribution is 0.0931. The molecule has 1 fully saturated rings. The van der Waals surface area contributed by atoms with Crippen LogP contribution in [0.3, 0.4) is 0 Å². The van der Waals surface area contributed by atoms with Crippen LogP contribution in [0.4, 0.5) is 0 Å². The quantitative estimate of drug-likeness (QED) is 0.720. The SMILES string of the molecule is CCN(CC(=O)c1ccc(OC)c(Br)c1)CC1CC1. The van der Waals surface area contributed by atoms with Gasteiger partial charge in [-0.2, -0.15) is 0 Å². The summed E-state index contributed by atoms with van der Waals surface area (Å²) in [6.45, 7) is 4.60. The van der Waals surface area contributed by atoms with E-state index in [1.165, 1.54) is 12.8 Å². The van der Waals surface area contributed by atoms with Gasteiger partial charge in [0.15, 0.2) is 5.78 Å². The summed E-state index contributed by atoms with van der Waals surface area (Å²) in [6, 6.07) is 5.50. The van der Waals surface area contributed by atoms with Crippen molar-refractivity contribution in [3.63, 3.8) is 0 Å². The summed E-state index contributed by atoms with van der Waals surface area (Å²) in [5.41, 5.74) is 0.738. The van der Waals surface area contributed by atoms with E-state index < -0.39 is 0 Å². The van der Waals surface area contributed by atoms with Crippen LogP contribution in [0.5, 0.6) is 5.75 Å². The van der Waals surface area contributed by atoms with Crippen molar-refractivity contribution >= 4 is 21.7 Å². The summed E-state index contributed by atoms with van der Waals surface area (Å²) >= 11 is 3.42. The molecule has 0 atom stereocenters. The number of halogens is 1. The van der Waals surface area contributed by atoms with E-state index in [1.807, 2.05) is 18.2 Å². The lowest BCUT2D eigenvalue weighted by Crippen LogP contribution is -2.31. The molecule has 1 aromatic carbocycles. The van der Waals surface area contributed by atoms with Crippen LogP contribution in [0.1, 0.15) is 30.1 Å². The van der Waals surface area contributed by atoms with Crippen LogP contribution in [-0.2, 0) is 0 Å². The highest BCUT2D eigenvalue weighted by Crippen LogP contribution is 2.30. The maximum atomic E-state index is 12.3. The lowest BCUT2D eigenvalue weighted by atomic mass is 10.1. The second kappa shape index (κ2) is 6.53. The van der Waals surface area contributed by atoms with Crippen LogP contribution in [0.2, 0.25) is 0 Å². The van der Waals surface area contributed by atoms with Crippen molar-refractivity contribution in [2.75, 3.05) is 26.7 Å². The van der Waals surface area contributed by atoms with Gasteiger partial charge in [0.25, 0.3) is 0 Å². The summed E-state index contributed by atoms with van der Waals surface area (Å²) in [4.78, 5) is 14.5. The molecule has 19 heavy (non-hydrogen) atoms. The molecule has 0 saturated heterocycles. The molecule has 1 aromatic rings. The molecule has 0 N–H and O–H groups in total. The van der Waals surface area contributed by atoms with E-state index in [0.29, 0.717) is 6.54 Å². The maximum Gasteiger partial charge on any atom is 0.176 e. The number of benzene rings is 1. The second-order valence-electron chi connectivity index (χ2n) is 5.04. The van der Waals surface area contributed by atoms with Crippen LogP contribution >= 0.6 is 15.9 Å². The summed E-state index contributed by atoms with van der Waals surface area (Å²) in [7, 11) is 1.62. The Bertz CT molecular complexity index is 457. The third-order valence-corrected chi connectivity index (χ3v) is 4.12. The van der Waals surface area contributed by atoms with Crippen molar-refractivity contribution in [3.8, 4) is 5.75 Å². The molecule has 1 aliphatic rings. The van der Waals surface area contributed by atoms with Gasteiger partial charge >= 0.3 is 0 Å². The molecule has 0 unspecified atom stereocenters. The van der Waals surface area contributed by atoms with E-state index in [4.69, 9.17) is 4.74 Å². The largest absolute Gasteiger partial charge is 0.496 e. The average molecular weight is 326 g/mol. The van der Waals surface area contributed by atoms with Gasteiger partial charge in [-0.3, -0.25) is 9.69 Å². The van der Waals surface area contributed by atoms with E-state index in [2.05, 4.69) is 27.8 Å². The molecule has 104 valence electrons. The molecule has 0 heterocycles. The molecule has 4 heteroatoms. The molecule has 1 aliphatic carbocycles. The number of rotatable bonds is 7. The van der Waals surface area contributed by atoms with Gasteiger partial charge in [0.05, 0.1) is 18.1 Å². The molecule has 0 aliphatic heterocycles. The Hall–Kier alpha value is -0.870. The molecule has 1 saturated carbocycles. The van der Waals surface area contributed by atoms with E-state index in [-0.39, 0.29) is 5.78 Å². The number of methoxy groups -OCH3 is 1. The average Bonchev–Trinajstić information content (AvgIpc) is 3.21. The van der Waals surface area contributed by atoms with Gasteiger partial charge in [0.1, 0.15) is 5.75 Å². The van der Waals surface area contributed by atoms with E-state index in [9.17, 15) is 4.79 Å². The normalized spacial score (nSPS) is 14.7. The van der Waals surface area contributed by atoms with Crippen molar-refractivity contribution in [2.24, 2.45) is 5.92 Å². The first kappa shape index (κ1) is 14.5. The minimum absolute atomic E-state index is 0.172. The highest BCUT2D eigenvalue weighted by molar-refractivity contribution is 9.10. The summed E-state index contributed by atoms with van der Waals surface area (Å²) in [5, 5.41) is 0. The Morgan fingerprint density at radius 3 is 2.74 bits per heavy atom. The second-order valence-corrected chi connectivity index (χ2v) is 5.90. The molecule has 0 aromatic heterocycles. The van der Waals surface area contributed by atoms with Gasteiger partial charge in [-0.05, 0) is 59.4 Å². The monoisotopic (exact) mass is 325 g/mol. The van der Waals surface area contributed by atoms with E-state index >= 15 is 0 Å². The predicted molar refractivity (Wildman–Crippen MR) is 79.9 cm³/mol. The predicted octanol–water partition coefficient (Wildman–Crippen LogP) is 3.37. The van der Waals surface area contributed by atoms with Crippen molar-refractivity contribution < 1.29 is 9.53 Å². The Labute approximate surface area is 123 Å². The lowest BCUT2D eigenvalue weighted by Gasteiger charge is -2.19. The van der Waals surface area contributed by atoms with Crippen molar-refractivity contribution in [1.29, 1.82) is 0 Å². The number of Topliss-reactive ketones (excluding diaryl/α,β-unsaturated/α-hetero) is 1. The third kappa shape index (κ3) is 4.05. The highest BCUT2D eigenvalue weighted by Gasteiger charge is 2.24. The molecule has 0 bridgehead atoms. The molecular weight excluding hydrogens is 306 g/mol. The number of hydrogen-bond donors (Lipinski definition) is 0. The molecule has 0 amide bonds. The Kier molecular flexibility index (Phi) is 4.99. The number of carbonyl (C=O) groups is 1. The zero-order valence-corrected chi connectivity index (χ0v) is 13.1. The van der Waals surface area contributed by atoms with Crippen LogP contribution in [0, 0.1) is 5.92 Å². The molecule has 0 radical (unpaired) electrons. The summed E-state index contributed by atoms with van der Waals surface area (Å²) in [6.07, 6.45) is 2.64. The highest BCUT2D eigenvalue weighted by atomic mass is 79.9. The van der Waals surface area contributed by atoms with Gasteiger partial charge < -0.3 is 4.74 Å². The first-order valence-electron chi connectivity index (χ1n) is 6.73. The molecule has 3 nitrogen and oxygen atoms in total. The summed E-state index contributed by atoms with van der Waals surface area (Å²) in [5.74, 6) is 1.74. The number of ether oxygens (including phenoxy) is 1. The van der Waals surface area contributed by atoms with Crippen LogP contribution < -0.4 is 4.74 Å². The number of carbonyl (C=O) groups excluding carboxylic acids is 1. The Morgan fingerprint density at radius 1 is 1.47 bits per heavy atom. The number of likely N-dealkylation sites (N-methyl/N-ethyl adjacent to an activating group) is 1. The maximum absolute atomic E-state index is 12.3. The smallest absolute Gasteiger partial charge is 0.176 e. The fraction of sp³-hybridized carbons (Fsp3) is 0.533. The van der Waals surface area contributed by atoms with Gasteiger partial charge in [-0.25, -0.2) is 0 Å². The van der Waals surface area contributed by atoms with E-state index in [1.54, 1.807) is 7.11 Å². The Morgan fingerprint density at radius 2 is 2.21 bits per heavy atom. The number of hydrogen-bond acceptors (Lipinski definition) is 3. The van der Waals surface area contributed by atoms with Crippen molar-refractivity contribution in [3.05, 3.63) is 28.2 Å². The zero-order valence-electron chi connectivity index (χ0n) is 11.5. The van der Waals surface area contributed by atoms with Crippen LogP contribution in [-0.4, -0.2) is 37.4 Å². The number of ketones is 1. The van der Waals surface area contributed by atoms with Crippen molar-refractivity contribution in [1.82, 2.24) is 4.90 Å². The van der Waals surface area contributed by atoms with Gasteiger partial charge in [0.2, 0.25) is 0 Å². The molecular formula is C15H20BrNO2. The first-order valence-corrected chi connectivity index (χ1v) is 7.52. The first-order chi connectivity index (χ1) is 9.13. The molecule has 2 rings (SSSR count). The van der Waals surface area contributed by atoms with Gasteiger partial charge in [-0.15, -0.1) is 0 Å². The third-order valence-electron chi connectivity index (χ3n) is 3.50. The molecule has 0 spiro atoms. The zero-order chi connectivity index (χ0) is 13.8. The standard InChI is InChI=1S/C15H20BrNO2/c1-3-17(9-11-4-5-11)10-14(18)12-6-7-15(19-2)13(16)8-12/h6-8,11H,3-5,9-10H2,1-2H3. The van der Waals surface area contributed by atoms with Crippen LogP contribution in [0.15, 0.2) is 22.7 Å². The Balaban J connectivity index is 1.99. The minimum atomic E-state index is 0.172. The van der Waals surface area contributed by atoms with E-state index in [0.717, 1.165) is 34.8 Å².